The van der Waals surface area contributed by atoms with Crippen LogP contribution in [0.15, 0.2) is 41.5 Å². The van der Waals surface area contributed by atoms with Gasteiger partial charge in [-0.1, -0.05) is 6.07 Å². The number of hydrogen-bond acceptors (Lipinski definition) is 4. The average molecular weight is 351 g/mol. The van der Waals surface area contributed by atoms with Crippen molar-refractivity contribution < 1.29 is 4.74 Å². The molecule has 1 saturated heterocycles. The minimum Gasteiger partial charge on any atom is -0.378 e. The summed E-state index contributed by atoms with van der Waals surface area (Å²) < 4.78 is 5.40. The molecule has 0 bridgehead atoms. The van der Waals surface area contributed by atoms with Crippen LogP contribution in [0.4, 0.5) is 11.5 Å². The van der Waals surface area contributed by atoms with E-state index in [2.05, 4.69) is 44.5 Å². The summed E-state index contributed by atoms with van der Waals surface area (Å²) in [6.07, 6.45) is 5.42. The minimum absolute atomic E-state index is 0.438. The topological polar surface area (TPSA) is 75.8 Å². The zero-order valence-corrected chi connectivity index (χ0v) is 14.9. The van der Waals surface area contributed by atoms with Gasteiger partial charge in [0.1, 0.15) is 5.82 Å². The molecule has 1 fully saturated rings. The second-order valence-electron chi connectivity index (χ2n) is 6.79. The number of nitrogens with zero attached hydrogens (tertiary/aromatic N) is 3. The van der Waals surface area contributed by atoms with E-state index in [-0.39, 0.29) is 0 Å². The van der Waals surface area contributed by atoms with Crippen LogP contribution < -0.4 is 16.0 Å². The van der Waals surface area contributed by atoms with Gasteiger partial charge in [0.25, 0.3) is 0 Å². The minimum atomic E-state index is 0.438. The summed E-state index contributed by atoms with van der Waals surface area (Å²) in [5.41, 5.74) is 11.1. The largest absolute Gasteiger partial charge is 0.378 e. The van der Waals surface area contributed by atoms with E-state index in [4.69, 9.17) is 10.5 Å². The number of anilines is 2. The van der Waals surface area contributed by atoms with E-state index in [1.165, 1.54) is 24.0 Å². The normalized spacial score (nSPS) is 17.2. The van der Waals surface area contributed by atoms with E-state index in [0.717, 1.165) is 49.8 Å². The second-order valence-corrected chi connectivity index (χ2v) is 6.79. The highest BCUT2D eigenvalue weighted by atomic mass is 16.5. The van der Waals surface area contributed by atoms with Gasteiger partial charge in [0.05, 0.1) is 19.8 Å². The molecule has 0 radical (unpaired) electrons. The van der Waals surface area contributed by atoms with Crippen LogP contribution in [-0.2, 0) is 24.1 Å². The van der Waals surface area contributed by atoms with Crippen molar-refractivity contribution >= 4 is 17.5 Å². The quantitative estimate of drug-likeness (QED) is 0.653. The van der Waals surface area contributed by atoms with Gasteiger partial charge < -0.3 is 20.7 Å². The maximum Gasteiger partial charge on any atom is 0.193 e. The van der Waals surface area contributed by atoms with Crippen LogP contribution in [0.1, 0.15) is 23.1 Å². The Labute approximate surface area is 154 Å². The summed E-state index contributed by atoms with van der Waals surface area (Å²) in [5.74, 6) is 1.42. The summed E-state index contributed by atoms with van der Waals surface area (Å²) >= 11 is 0. The Balaban J connectivity index is 1.39. The molecule has 0 unspecified atom stereocenters. The highest BCUT2D eigenvalue weighted by molar-refractivity contribution is 5.92. The van der Waals surface area contributed by atoms with Crippen molar-refractivity contribution in [3.63, 3.8) is 0 Å². The van der Waals surface area contributed by atoms with Gasteiger partial charge in [-0.25, -0.2) is 9.98 Å². The summed E-state index contributed by atoms with van der Waals surface area (Å²) in [4.78, 5) is 11.2. The molecular weight excluding hydrogens is 326 g/mol. The molecule has 3 N–H and O–H groups in total. The van der Waals surface area contributed by atoms with Crippen molar-refractivity contribution in [2.75, 3.05) is 36.5 Å². The van der Waals surface area contributed by atoms with Crippen molar-refractivity contribution in [3.05, 3.63) is 53.2 Å². The number of morpholine rings is 1. The number of rotatable bonds is 4. The molecule has 2 heterocycles. The average Bonchev–Trinajstić information content (AvgIpc) is 3.15. The highest BCUT2D eigenvalue weighted by Gasteiger charge is 2.13. The fraction of sp³-hybridized carbons (Fsp3) is 0.400. The lowest BCUT2D eigenvalue weighted by Gasteiger charge is -2.27. The first-order chi connectivity index (χ1) is 12.8. The van der Waals surface area contributed by atoms with Crippen LogP contribution in [-0.4, -0.2) is 37.2 Å². The fourth-order valence-corrected chi connectivity index (χ4v) is 3.54. The number of guanidine groups is 1. The molecule has 0 amide bonds. The van der Waals surface area contributed by atoms with Crippen molar-refractivity contribution in [3.8, 4) is 0 Å². The number of pyridine rings is 1. The lowest BCUT2D eigenvalue weighted by Crippen LogP contribution is -2.36. The smallest absolute Gasteiger partial charge is 0.193 e. The van der Waals surface area contributed by atoms with Crippen molar-refractivity contribution in [1.82, 2.24) is 4.98 Å². The van der Waals surface area contributed by atoms with Crippen molar-refractivity contribution in [2.24, 2.45) is 10.7 Å². The third kappa shape index (κ3) is 3.96. The van der Waals surface area contributed by atoms with Crippen LogP contribution in [0.3, 0.4) is 0 Å². The molecule has 1 aromatic carbocycles. The SMILES string of the molecule is NC(=NCc1ccnc(N2CCOCC2)c1)Nc1ccc2c(c1)CCC2. The first-order valence-corrected chi connectivity index (χ1v) is 9.24. The van der Waals surface area contributed by atoms with E-state index in [1.807, 2.05) is 12.3 Å². The lowest BCUT2D eigenvalue weighted by molar-refractivity contribution is 0.122. The summed E-state index contributed by atoms with van der Waals surface area (Å²) in [7, 11) is 0. The second kappa shape index (κ2) is 7.74. The van der Waals surface area contributed by atoms with Gasteiger partial charge >= 0.3 is 0 Å². The Hall–Kier alpha value is -2.60. The maximum absolute atomic E-state index is 6.08. The Morgan fingerprint density at radius 3 is 2.88 bits per heavy atom. The number of nitrogens with two attached hydrogens (primary N) is 1. The molecule has 6 nitrogen and oxygen atoms in total. The summed E-state index contributed by atoms with van der Waals surface area (Å²) in [6, 6.07) is 10.5. The molecule has 2 aliphatic rings. The molecule has 4 rings (SSSR count). The first kappa shape index (κ1) is 16.8. The van der Waals surface area contributed by atoms with Gasteiger partial charge in [-0.15, -0.1) is 0 Å². The Kier molecular flexibility index (Phi) is 5.02. The summed E-state index contributed by atoms with van der Waals surface area (Å²) in [6.45, 7) is 3.79. The van der Waals surface area contributed by atoms with Crippen LogP contribution in [0.5, 0.6) is 0 Å². The molecule has 1 aliphatic carbocycles. The van der Waals surface area contributed by atoms with Gasteiger partial charge in [-0.2, -0.15) is 0 Å². The summed E-state index contributed by atoms with van der Waals surface area (Å²) in [5, 5.41) is 3.21. The lowest BCUT2D eigenvalue weighted by atomic mass is 10.1. The Morgan fingerprint density at radius 2 is 2.00 bits per heavy atom. The maximum atomic E-state index is 6.08. The van der Waals surface area contributed by atoms with Crippen LogP contribution >= 0.6 is 0 Å². The molecule has 0 atom stereocenters. The molecule has 1 aromatic heterocycles. The van der Waals surface area contributed by atoms with Crippen LogP contribution in [0.2, 0.25) is 0 Å². The van der Waals surface area contributed by atoms with Crippen LogP contribution in [0.25, 0.3) is 0 Å². The molecule has 26 heavy (non-hydrogen) atoms. The van der Waals surface area contributed by atoms with Gasteiger partial charge in [0.2, 0.25) is 0 Å². The Morgan fingerprint density at radius 1 is 1.15 bits per heavy atom. The van der Waals surface area contributed by atoms with Gasteiger partial charge in [-0.05, 0) is 60.2 Å². The highest BCUT2D eigenvalue weighted by Crippen LogP contribution is 2.24. The first-order valence-electron chi connectivity index (χ1n) is 9.24. The molecular formula is C20H25N5O. The molecule has 1 aliphatic heterocycles. The molecule has 136 valence electrons. The molecule has 2 aromatic rings. The number of aromatic nitrogens is 1. The monoisotopic (exact) mass is 351 g/mol. The van der Waals surface area contributed by atoms with E-state index in [1.54, 1.807) is 0 Å². The number of aryl methyl sites for hydroxylation is 2. The molecule has 0 saturated carbocycles. The van der Waals surface area contributed by atoms with Gasteiger partial charge in [0, 0.05) is 25.0 Å². The number of ether oxygens (including phenoxy) is 1. The van der Waals surface area contributed by atoms with E-state index in [9.17, 15) is 0 Å². The molecule has 0 spiro atoms. The number of hydrogen-bond donors (Lipinski definition) is 2. The predicted molar refractivity (Wildman–Crippen MR) is 105 cm³/mol. The van der Waals surface area contributed by atoms with Crippen LogP contribution in [0, 0.1) is 0 Å². The van der Waals surface area contributed by atoms with E-state index in [0.29, 0.717) is 12.5 Å². The number of nitrogens with one attached hydrogen (secondary N) is 1. The van der Waals surface area contributed by atoms with Gasteiger partial charge in [-0.3, -0.25) is 0 Å². The predicted octanol–water partition coefficient (Wildman–Crippen LogP) is 2.33. The molecule has 6 heteroatoms. The fourth-order valence-electron chi connectivity index (χ4n) is 3.54. The standard InChI is InChI=1S/C20H25N5O/c21-20(24-18-5-4-16-2-1-3-17(16)13-18)23-14-15-6-7-22-19(12-15)25-8-10-26-11-9-25/h4-7,12-13H,1-3,8-11,14H2,(H3,21,23,24). The number of fused-ring (bicyclic) bond motifs is 1. The zero-order chi connectivity index (χ0) is 17.8. The van der Waals surface area contributed by atoms with Crippen molar-refractivity contribution in [2.45, 2.75) is 25.8 Å². The van der Waals surface area contributed by atoms with E-state index < -0.39 is 0 Å². The number of aliphatic imine (C=N–C) groups is 1. The van der Waals surface area contributed by atoms with Gasteiger partial charge in [0.15, 0.2) is 5.96 Å². The van der Waals surface area contributed by atoms with Crippen molar-refractivity contribution in [1.29, 1.82) is 0 Å². The van der Waals surface area contributed by atoms with E-state index >= 15 is 0 Å². The zero-order valence-electron chi connectivity index (χ0n) is 14.9. The third-order valence-electron chi connectivity index (χ3n) is 4.95. The number of benzene rings is 1. The third-order valence-corrected chi connectivity index (χ3v) is 4.95. The Bertz CT molecular complexity index is 799.